The van der Waals surface area contributed by atoms with Crippen molar-refractivity contribution in [1.29, 1.82) is 0 Å². The van der Waals surface area contributed by atoms with Crippen molar-refractivity contribution in [2.24, 2.45) is 5.10 Å². The van der Waals surface area contributed by atoms with Crippen LogP contribution < -0.4 is 4.74 Å². The number of halogens is 2. The molecule has 5 aromatic rings. The zero-order chi connectivity index (χ0) is 22.1. The Morgan fingerprint density at radius 1 is 0.938 bits per heavy atom. The van der Waals surface area contributed by atoms with Gasteiger partial charge < -0.3 is 4.74 Å². The van der Waals surface area contributed by atoms with Crippen molar-refractivity contribution < 1.29 is 13.5 Å². The normalized spacial score (nSPS) is 11.7. The molecule has 0 aliphatic carbocycles. The summed E-state index contributed by atoms with van der Waals surface area (Å²) in [5.74, 6) is 0.523. The van der Waals surface area contributed by atoms with Gasteiger partial charge in [-0.15, -0.1) is 0 Å². The summed E-state index contributed by atoms with van der Waals surface area (Å²) in [4.78, 5) is 0. The molecule has 5 rings (SSSR count). The molecule has 0 saturated heterocycles. The predicted octanol–water partition coefficient (Wildman–Crippen LogP) is 6.40. The lowest BCUT2D eigenvalue weighted by Gasteiger charge is -2.08. The number of aromatic amines is 1. The monoisotopic (exact) mass is 446 g/mol. The summed E-state index contributed by atoms with van der Waals surface area (Å²) in [6, 6.07) is 24.5. The Morgan fingerprint density at radius 3 is 2.19 bits per heavy atom. The van der Waals surface area contributed by atoms with Gasteiger partial charge in [0.15, 0.2) is 5.82 Å². The Kier molecular flexibility index (Phi) is 5.20. The molecular weight excluding hydrogens is 430 g/mol. The highest BCUT2D eigenvalue weighted by molar-refractivity contribution is 7.71. The van der Waals surface area contributed by atoms with E-state index in [4.69, 9.17) is 12.2 Å². The molecule has 8 heteroatoms. The summed E-state index contributed by atoms with van der Waals surface area (Å²) in [6.45, 7) is -2.88. The first-order chi connectivity index (χ1) is 15.6. The first-order valence-electron chi connectivity index (χ1n) is 9.78. The number of nitrogens with zero attached hydrogens (tertiary/aromatic N) is 3. The van der Waals surface area contributed by atoms with Crippen LogP contribution in [0.25, 0.3) is 32.9 Å². The van der Waals surface area contributed by atoms with Crippen molar-refractivity contribution in [3.63, 3.8) is 0 Å². The van der Waals surface area contributed by atoms with E-state index in [-0.39, 0.29) is 5.75 Å². The van der Waals surface area contributed by atoms with Crippen LogP contribution in [0.5, 0.6) is 5.75 Å². The second-order valence-corrected chi connectivity index (χ2v) is 7.43. The van der Waals surface area contributed by atoms with Crippen molar-refractivity contribution in [2.45, 2.75) is 6.61 Å². The summed E-state index contributed by atoms with van der Waals surface area (Å²) < 4.78 is 31.1. The number of hydrogen-bond acceptors (Lipinski definition) is 4. The Bertz CT molecular complexity index is 1450. The molecule has 158 valence electrons. The number of hydrogen-bond donors (Lipinski definition) is 1. The fraction of sp³-hybridized carbons (Fsp3) is 0.0417. The summed E-state index contributed by atoms with van der Waals surface area (Å²) in [5, 5.41) is 16.0. The molecule has 0 aliphatic rings. The molecule has 0 radical (unpaired) electrons. The lowest BCUT2D eigenvalue weighted by Crippen LogP contribution is -2.01. The van der Waals surface area contributed by atoms with E-state index in [1.54, 1.807) is 18.3 Å². The number of H-pyrrole nitrogens is 1. The minimum atomic E-state index is -2.88. The van der Waals surface area contributed by atoms with E-state index in [0.29, 0.717) is 16.2 Å². The molecule has 0 atom stereocenters. The standard InChI is InChI=1S/C24H16F2N4OS/c25-23(26)31-18-11-9-15(10-12-18)22-28-29-24(32)30(22)27-14-21-19-7-3-1-5-16(19)13-17-6-2-4-8-20(17)21/h1-14,23H,(H,29,32). The lowest BCUT2D eigenvalue weighted by atomic mass is 9.97. The van der Waals surface area contributed by atoms with Crippen LogP contribution in [0.3, 0.4) is 0 Å². The fourth-order valence-corrected chi connectivity index (χ4v) is 3.85. The van der Waals surface area contributed by atoms with Crippen LogP contribution in [0.4, 0.5) is 8.78 Å². The van der Waals surface area contributed by atoms with Crippen molar-refractivity contribution in [3.05, 3.63) is 89.2 Å². The van der Waals surface area contributed by atoms with E-state index in [2.05, 4.69) is 50.4 Å². The Balaban J connectivity index is 1.60. The van der Waals surface area contributed by atoms with Crippen LogP contribution in [-0.4, -0.2) is 27.7 Å². The number of rotatable bonds is 5. The predicted molar refractivity (Wildman–Crippen MR) is 124 cm³/mol. The third-order valence-electron chi connectivity index (χ3n) is 5.10. The number of alkyl halides is 2. The fourth-order valence-electron chi connectivity index (χ4n) is 3.67. The highest BCUT2D eigenvalue weighted by Crippen LogP contribution is 2.28. The minimum absolute atomic E-state index is 0.0650. The molecule has 0 bridgehead atoms. The van der Waals surface area contributed by atoms with Gasteiger partial charge in [-0.25, -0.2) is 5.10 Å². The number of nitrogens with one attached hydrogen (secondary N) is 1. The van der Waals surface area contributed by atoms with Crippen LogP contribution in [0.1, 0.15) is 5.56 Å². The summed E-state index contributed by atoms with van der Waals surface area (Å²) >= 11 is 5.37. The van der Waals surface area contributed by atoms with E-state index in [0.717, 1.165) is 27.1 Å². The highest BCUT2D eigenvalue weighted by Gasteiger charge is 2.11. The second-order valence-electron chi connectivity index (χ2n) is 7.04. The first-order valence-corrected chi connectivity index (χ1v) is 10.2. The molecule has 0 aliphatic heterocycles. The van der Waals surface area contributed by atoms with Crippen molar-refractivity contribution in [3.8, 4) is 17.1 Å². The summed E-state index contributed by atoms with van der Waals surface area (Å²) in [5.41, 5.74) is 1.62. The van der Waals surface area contributed by atoms with Gasteiger partial charge in [-0.2, -0.15) is 23.7 Å². The first kappa shape index (κ1) is 20.0. The maximum atomic E-state index is 12.4. The minimum Gasteiger partial charge on any atom is -0.435 e. The van der Waals surface area contributed by atoms with E-state index < -0.39 is 6.61 Å². The van der Waals surface area contributed by atoms with Gasteiger partial charge in [0.05, 0.1) is 6.21 Å². The number of benzene rings is 4. The van der Waals surface area contributed by atoms with E-state index >= 15 is 0 Å². The zero-order valence-corrected chi connectivity index (χ0v) is 17.4. The molecule has 0 saturated carbocycles. The molecular formula is C24H16F2N4OS. The molecule has 0 fully saturated rings. The molecule has 32 heavy (non-hydrogen) atoms. The molecule has 0 amide bonds. The maximum Gasteiger partial charge on any atom is 0.387 e. The van der Waals surface area contributed by atoms with Gasteiger partial charge in [0.25, 0.3) is 0 Å². The van der Waals surface area contributed by atoms with Crippen molar-refractivity contribution in [1.82, 2.24) is 14.9 Å². The van der Waals surface area contributed by atoms with Gasteiger partial charge in [-0.3, -0.25) is 0 Å². The lowest BCUT2D eigenvalue weighted by molar-refractivity contribution is -0.0498. The van der Waals surface area contributed by atoms with Crippen LogP contribution in [0.2, 0.25) is 0 Å². The van der Waals surface area contributed by atoms with Gasteiger partial charge in [0.2, 0.25) is 4.77 Å². The molecule has 1 aromatic heterocycles. The van der Waals surface area contributed by atoms with Gasteiger partial charge in [-0.05, 0) is 64.1 Å². The molecule has 4 aromatic carbocycles. The molecule has 1 N–H and O–H groups in total. The average Bonchev–Trinajstić information content (AvgIpc) is 3.17. The average molecular weight is 446 g/mol. The van der Waals surface area contributed by atoms with Gasteiger partial charge >= 0.3 is 6.61 Å². The van der Waals surface area contributed by atoms with E-state index in [1.807, 2.05) is 24.3 Å². The SMILES string of the molecule is FC(F)Oc1ccc(-c2n[nH]c(=S)n2N=Cc2c3ccccc3cc3ccccc23)cc1. The number of ether oxygens (including phenoxy) is 1. The molecule has 1 heterocycles. The number of aromatic nitrogens is 3. The van der Waals surface area contributed by atoms with Crippen LogP contribution in [0.15, 0.2) is 84.0 Å². The Hall–Kier alpha value is -3.91. The zero-order valence-electron chi connectivity index (χ0n) is 16.6. The van der Waals surface area contributed by atoms with Crippen molar-refractivity contribution >= 4 is 40.0 Å². The second kappa shape index (κ2) is 8.32. The van der Waals surface area contributed by atoms with Crippen LogP contribution >= 0.6 is 12.2 Å². The van der Waals surface area contributed by atoms with Gasteiger partial charge in [-0.1, -0.05) is 48.5 Å². The Labute approximate surface area is 186 Å². The summed E-state index contributed by atoms with van der Waals surface area (Å²) in [7, 11) is 0. The smallest absolute Gasteiger partial charge is 0.387 e. The van der Waals surface area contributed by atoms with E-state index in [9.17, 15) is 8.78 Å². The maximum absolute atomic E-state index is 12.4. The Morgan fingerprint density at radius 2 is 1.56 bits per heavy atom. The third-order valence-corrected chi connectivity index (χ3v) is 5.37. The van der Waals surface area contributed by atoms with Gasteiger partial charge in [0, 0.05) is 11.1 Å². The van der Waals surface area contributed by atoms with Crippen LogP contribution in [-0.2, 0) is 0 Å². The molecule has 0 unspecified atom stereocenters. The van der Waals surface area contributed by atoms with Crippen molar-refractivity contribution in [2.75, 3.05) is 0 Å². The highest BCUT2D eigenvalue weighted by atomic mass is 32.1. The summed E-state index contributed by atoms with van der Waals surface area (Å²) in [6.07, 6.45) is 1.77. The largest absolute Gasteiger partial charge is 0.435 e. The number of fused-ring (bicyclic) bond motifs is 2. The topological polar surface area (TPSA) is 55.2 Å². The third kappa shape index (κ3) is 3.76. The quantitative estimate of drug-likeness (QED) is 0.193. The molecule has 5 nitrogen and oxygen atoms in total. The van der Waals surface area contributed by atoms with Gasteiger partial charge in [0.1, 0.15) is 5.75 Å². The van der Waals surface area contributed by atoms with Crippen LogP contribution in [0, 0.1) is 4.77 Å². The van der Waals surface area contributed by atoms with E-state index in [1.165, 1.54) is 16.8 Å². The molecule has 0 spiro atoms.